The van der Waals surface area contributed by atoms with Gasteiger partial charge >= 0.3 is 0 Å². The number of hydrogen-bond acceptors (Lipinski definition) is 4. The van der Waals surface area contributed by atoms with E-state index in [-0.39, 0.29) is 23.4 Å². The van der Waals surface area contributed by atoms with E-state index in [9.17, 15) is 13.8 Å². The molecule has 0 aliphatic heterocycles. The summed E-state index contributed by atoms with van der Waals surface area (Å²) in [6.07, 6.45) is 4.70. The summed E-state index contributed by atoms with van der Waals surface area (Å²) in [5.74, 6) is -0.765. The van der Waals surface area contributed by atoms with E-state index in [4.69, 9.17) is 4.74 Å². The second-order valence-electron chi connectivity index (χ2n) is 7.82. The number of carbonyl (C=O) groups is 2. The molecule has 0 aromatic heterocycles. The quantitative estimate of drug-likeness (QED) is 0.747. The van der Waals surface area contributed by atoms with Crippen LogP contribution >= 0.6 is 0 Å². The lowest BCUT2D eigenvalue weighted by molar-refractivity contribution is 0.0749. The molecule has 3 aliphatic carbocycles. The first-order chi connectivity index (χ1) is 13.5. The van der Waals surface area contributed by atoms with E-state index in [0.29, 0.717) is 28.2 Å². The van der Waals surface area contributed by atoms with Crippen LogP contribution in [0.5, 0.6) is 5.75 Å². The predicted molar refractivity (Wildman–Crippen MR) is 106 cm³/mol. The zero-order valence-corrected chi connectivity index (χ0v) is 16.5. The molecule has 2 aromatic carbocycles. The van der Waals surface area contributed by atoms with Gasteiger partial charge in [-0.3, -0.25) is 13.8 Å². The van der Waals surface area contributed by atoms with E-state index >= 15 is 0 Å². The van der Waals surface area contributed by atoms with Crippen molar-refractivity contribution >= 4 is 22.4 Å². The van der Waals surface area contributed by atoms with E-state index in [2.05, 4.69) is 0 Å². The molecule has 5 heteroatoms. The standard InChI is InChI=1S/C23H20O4S/c1-13-6-10-16(11-7-13)28(26)23-15-9-8-14(12-15)20(23)21(24)19-17(22(23)25)4-3-5-18(19)27-2/h3-11,14-15,20H,12H2,1-2H3/t14-,15+,20+,23-,28?/m0/s1. The fraction of sp³-hybridized carbons (Fsp3) is 0.304. The molecule has 0 amide bonds. The maximum absolute atomic E-state index is 13.9. The van der Waals surface area contributed by atoms with Crippen molar-refractivity contribution in [3.05, 3.63) is 71.3 Å². The van der Waals surface area contributed by atoms with Gasteiger partial charge in [0.1, 0.15) is 10.5 Å². The highest BCUT2D eigenvalue weighted by Crippen LogP contribution is 2.59. The lowest BCUT2D eigenvalue weighted by Crippen LogP contribution is -2.58. The number of ether oxygens (including phenoxy) is 1. The molecule has 4 nitrogen and oxygen atoms in total. The molecule has 2 aromatic rings. The van der Waals surface area contributed by atoms with E-state index in [1.54, 1.807) is 18.2 Å². The molecule has 1 unspecified atom stereocenters. The number of Topliss-reactive ketones (excluding diaryl/α,β-unsaturated/α-hetero) is 2. The highest BCUT2D eigenvalue weighted by atomic mass is 32.2. The summed E-state index contributed by atoms with van der Waals surface area (Å²) in [5, 5.41) is 0. The van der Waals surface area contributed by atoms with Gasteiger partial charge in [-0.05, 0) is 37.5 Å². The molecule has 142 valence electrons. The van der Waals surface area contributed by atoms with Crippen molar-refractivity contribution in [2.45, 2.75) is 23.0 Å². The summed E-state index contributed by atoms with van der Waals surface area (Å²) in [6, 6.07) is 12.5. The second kappa shape index (κ2) is 5.98. The van der Waals surface area contributed by atoms with Gasteiger partial charge < -0.3 is 4.74 Å². The fourth-order valence-corrected chi connectivity index (χ4v) is 7.26. The average molecular weight is 392 g/mol. The largest absolute Gasteiger partial charge is 0.496 e. The third kappa shape index (κ3) is 2.03. The third-order valence-corrected chi connectivity index (χ3v) is 8.53. The molecule has 0 radical (unpaired) electrons. The van der Waals surface area contributed by atoms with Crippen molar-refractivity contribution in [1.82, 2.24) is 0 Å². The number of hydrogen-bond donors (Lipinski definition) is 0. The highest BCUT2D eigenvalue weighted by molar-refractivity contribution is 7.87. The van der Waals surface area contributed by atoms with E-state index in [1.165, 1.54) is 7.11 Å². The first-order valence-corrected chi connectivity index (χ1v) is 10.6. The monoisotopic (exact) mass is 392 g/mol. The number of ketones is 2. The molecule has 1 fully saturated rings. The van der Waals surface area contributed by atoms with Gasteiger partial charge in [-0.15, -0.1) is 0 Å². The van der Waals surface area contributed by atoms with E-state index in [1.807, 2.05) is 43.3 Å². The van der Waals surface area contributed by atoms with Gasteiger partial charge in [0.25, 0.3) is 0 Å². The van der Waals surface area contributed by atoms with Gasteiger partial charge in [-0.1, -0.05) is 42.0 Å². The maximum atomic E-state index is 13.9. The highest BCUT2D eigenvalue weighted by Gasteiger charge is 2.69. The Labute approximate surface area is 166 Å². The Hall–Kier alpha value is -2.53. The summed E-state index contributed by atoms with van der Waals surface area (Å²) in [6.45, 7) is 1.96. The number of methoxy groups -OCH3 is 1. The van der Waals surface area contributed by atoms with Crippen LogP contribution in [0.15, 0.2) is 59.5 Å². The molecule has 1 saturated carbocycles. The van der Waals surface area contributed by atoms with Gasteiger partial charge in [-0.2, -0.15) is 0 Å². The lowest BCUT2D eigenvalue weighted by Gasteiger charge is -2.42. The Bertz CT molecular complexity index is 1070. The molecule has 28 heavy (non-hydrogen) atoms. The fourth-order valence-electron chi connectivity index (χ4n) is 5.24. The maximum Gasteiger partial charge on any atom is 0.184 e. The molecule has 0 N–H and O–H groups in total. The van der Waals surface area contributed by atoms with Gasteiger partial charge in [0.05, 0.1) is 29.4 Å². The number of fused-ring (bicyclic) bond motifs is 6. The van der Waals surface area contributed by atoms with Gasteiger partial charge in [-0.25, -0.2) is 0 Å². The first kappa shape index (κ1) is 17.6. The Morgan fingerprint density at radius 2 is 1.82 bits per heavy atom. The second-order valence-corrected chi connectivity index (χ2v) is 9.50. The van der Waals surface area contributed by atoms with Crippen LogP contribution in [0.25, 0.3) is 0 Å². The number of allylic oxidation sites excluding steroid dienone is 2. The predicted octanol–water partition coefficient (Wildman–Crippen LogP) is 3.75. The van der Waals surface area contributed by atoms with Crippen LogP contribution in [0.4, 0.5) is 0 Å². The minimum Gasteiger partial charge on any atom is -0.496 e. The smallest absolute Gasteiger partial charge is 0.184 e. The molecule has 0 spiro atoms. The molecule has 3 aliphatic rings. The summed E-state index contributed by atoms with van der Waals surface area (Å²) in [5.41, 5.74) is 1.74. The summed E-state index contributed by atoms with van der Waals surface area (Å²) in [4.78, 5) is 28.1. The van der Waals surface area contributed by atoms with Gasteiger partial charge in [0.2, 0.25) is 0 Å². The van der Waals surface area contributed by atoms with Crippen LogP contribution in [0.1, 0.15) is 32.7 Å². The summed E-state index contributed by atoms with van der Waals surface area (Å²) >= 11 is 0. The van der Waals surface area contributed by atoms with Crippen molar-refractivity contribution in [1.29, 1.82) is 0 Å². The van der Waals surface area contributed by atoms with Crippen molar-refractivity contribution in [3.63, 3.8) is 0 Å². The van der Waals surface area contributed by atoms with Crippen LogP contribution in [0.2, 0.25) is 0 Å². The normalized spacial score (nSPS) is 30.9. The number of rotatable bonds is 3. The number of aryl methyl sites for hydroxylation is 1. The Morgan fingerprint density at radius 1 is 1.07 bits per heavy atom. The third-order valence-electron chi connectivity index (χ3n) is 6.47. The van der Waals surface area contributed by atoms with Crippen LogP contribution in [0, 0.1) is 24.7 Å². The molecule has 0 saturated heterocycles. The summed E-state index contributed by atoms with van der Waals surface area (Å²) in [7, 11) is -0.133. The molecular weight excluding hydrogens is 372 g/mol. The molecule has 5 atom stereocenters. The van der Waals surface area contributed by atoms with Crippen molar-refractivity contribution in [2.24, 2.45) is 17.8 Å². The van der Waals surface area contributed by atoms with Crippen LogP contribution in [-0.2, 0) is 10.8 Å². The number of benzene rings is 2. The molecular formula is C23H20O4S. The molecule has 5 rings (SSSR count). The topological polar surface area (TPSA) is 60.4 Å². The minimum atomic E-state index is -1.63. The van der Waals surface area contributed by atoms with Crippen molar-refractivity contribution < 1.29 is 18.5 Å². The Kier molecular flexibility index (Phi) is 3.75. The molecule has 2 bridgehead atoms. The minimum absolute atomic E-state index is 0.0612. The van der Waals surface area contributed by atoms with Crippen LogP contribution in [-0.4, -0.2) is 27.6 Å². The Balaban J connectivity index is 1.76. The zero-order valence-electron chi connectivity index (χ0n) is 15.7. The summed E-state index contributed by atoms with van der Waals surface area (Å²) < 4.78 is 18.1. The van der Waals surface area contributed by atoms with Gasteiger partial charge in [0.15, 0.2) is 11.6 Å². The van der Waals surface area contributed by atoms with Crippen molar-refractivity contribution in [2.75, 3.05) is 7.11 Å². The SMILES string of the molecule is COc1cccc2c1C(=O)[C@H]1[C@H]3C=C[C@H](C3)[C@@]1(S(=O)c1ccc(C)cc1)C2=O. The van der Waals surface area contributed by atoms with Crippen LogP contribution < -0.4 is 4.74 Å². The van der Waals surface area contributed by atoms with Crippen LogP contribution in [0.3, 0.4) is 0 Å². The first-order valence-electron chi connectivity index (χ1n) is 9.43. The zero-order chi connectivity index (χ0) is 19.6. The molecule has 0 heterocycles. The van der Waals surface area contributed by atoms with Crippen molar-refractivity contribution in [3.8, 4) is 5.75 Å². The number of carbonyl (C=O) groups excluding carboxylic acids is 2. The lowest BCUT2D eigenvalue weighted by atomic mass is 9.68. The van der Waals surface area contributed by atoms with E-state index < -0.39 is 21.5 Å². The average Bonchev–Trinajstić information content (AvgIpc) is 3.32. The van der Waals surface area contributed by atoms with Gasteiger partial charge in [0, 0.05) is 16.4 Å². The van der Waals surface area contributed by atoms with E-state index in [0.717, 1.165) is 5.56 Å². The Morgan fingerprint density at radius 3 is 2.54 bits per heavy atom.